The lowest BCUT2D eigenvalue weighted by atomic mass is 9.98. The molecule has 0 amide bonds. The Kier molecular flexibility index (Phi) is 5.62. The zero-order valence-corrected chi connectivity index (χ0v) is 10.4. The van der Waals surface area contributed by atoms with Crippen LogP contribution in [0.25, 0.3) is 0 Å². The number of alkyl halides is 3. The van der Waals surface area contributed by atoms with Gasteiger partial charge in [0.05, 0.1) is 0 Å². The first-order valence-electron chi connectivity index (χ1n) is 4.99. The van der Waals surface area contributed by atoms with Gasteiger partial charge in [0.15, 0.2) is 0 Å². The summed E-state index contributed by atoms with van der Waals surface area (Å²) in [4.78, 5) is 0. The Labute approximate surface area is 107 Å². The lowest BCUT2D eigenvalue weighted by molar-refractivity contribution is -0.0328. The molecule has 1 N–H and O–H groups in total. The number of aliphatic hydroxyl groups excluding tert-OH is 1. The van der Waals surface area contributed by atoms with Crippen molar-refractivity contribution < 1.29 is 18.3 Å². The molecule has 96 valence electrons. The van der Waals surface area contributed by atoms with Crippen LogP contribution in [0.5, 0.6) is 0 Å². The average Bonchev–Trinajstić information content (AvgIpc) is 2.24. The minimum Gasteiger partial charge on any atom is -0.396 e. The molecule has 0 radical (unpaired) electrons. The molecule has 1 atom stereocenters. The van der Waals surface area contributed by atoms with Crippen LogP contribution >= 0.6 is 23.4 Å². The van der Waals surface area contributed by atoms with Crippen molar-refractivity contribution in [3.8, 4) is 0 Å². The van der Waals surface area contributed by atoms with Gasteiger partial charge >= 0.3 is 5.51 Å². The van der Waals surface area contributed by atoms with Crippen LogP contribution in [0, 0.1) is 0 Å². The molecule has 0 saturated carbocycles. The van der Waals surface area contributed by atoms with E-state index >= 15 is 0 Å². The second-order valence-corrected chi connectivity index (χ2v) is 5.11. The van der Waals surface area contributed by atoms with Crippen molar-refractivity contribution in [1.29, 1.82) is 0 Å². The van der Waals surface area contributed by atoms with Gasteiger partial charge in [0.25, 0.3) is 0 Å². The molecular weight excluding hydrogens is 273 g/mol. The van der Waals surface area contributed by atoms with E-state index in [9.17, 15) is 13.2 Å². The van der Waals surface area contributed by atoms with Gasteiger partial charge < -0.3 is 5.11 Å². The van der Waals surface area contributed by atoms with E-state index in [1.54, 1.807) is 24.3 Å². The minimum absolute atomic E-state index is 0.0582. The molecule has 0 aliphatic heterocycles. The fourth-order valence-corrected chi connectivity index (χ4v) is 2.18. The third kappa shape index (κ3) is 5.66. The van der Waals surface area contributed by atoms with Gasteiger partial charge in [0, 0.05) is 23.3 Å². The molecule has 0 aliphatic carbocycles. The second-order valence-electron chi connectivity index (χ2n) is 3.51. The fourth-order valence-electron chi connectivity index (χ4n) is 1.42. The molecule has 0 saturated heterocycles. The molecule has 0 fully saturated rings. The van der Waals surface area contributed by atoms with Crippen molar-refractivity contribution in [2.24, 2.45) is 0 Å². The van der Waals surface area contributed by atoms with E-state index in [4.69, 9.17) is 16.7 Å². The fraction of sp³-hybridized carbons (Fsp3) is 0.455. The highest BCUT2D eigenvalue weighted by Crippen LogP contribution is 2.32. The lowest BCUT2D eigenvalue weighted by Crippen LogP contribution is -2.08. The number of halogens is 4. The Morgan fingerprint density at radius 3 is 2.29 bits per heavy atom. The molecule has 0 spiro atoms. The quantitative estimate of drug-likeness (QED) is 0.880. The van der Waals surface area contributed by atoms with Gasteiger partial charge in [-0.15, -0.1) is 0 Å². The lowest BCUT2D eigenvalue weighted by Gasteiger charge is -2.15. The van der Waals surface area contributed by atoms with E-state index in [0.717, 1.165) is 5.56 Å². The summed E-state index contributed by atoms with van der Waals surface area (Å²) >= 11 is 5.65. The van der Waals surface area contributed by atoms with Gasteiger partial charge in [0.1, 0.15) is 0 Å². The summed E-state index contributed by atoms with van der Waals surface area (Å²) in [5.74, 6) is -0.334. The van der Waals surface area contributed by atoms with Crippen LogP contribution in [0.15, 0.2) is 24.3 Å². The number of hydrogen-bond acceptors (Lipinski definition) is 2. The summed E-state index contributed by atoms with van der Waals surface area (Å²) in [6.07, 6.45) is 0.280. The monoisotopic (exact) mass is 284 g/mol. The smallest absolute Gasteiger partial charge is 0.396 e. The Balaban J connectivity index is 2.51. The molecule has 1 rings (SSSR count). The summed E-state index contributed by atoms with van der Waals surface area (Å²) in [6, 6.07) is 6.77. The van der Waals surface area contributed by atoms with Gasteiger partial charge in [-0.2, -0.15) is 13.2 Å². The van der Waals surface area contributed by atoms with Crippen LogP contribution in [0.3, 0.4) is 0 Å². The zero-order chi connectivity index (χ0) is 12.9. The van der Waals surface area contributed by atoms with E-state index in [1.807, 2.05) is 0 Å². The highest BCUT2D eigenvalue weighted by Gasteiger charge is 2.28. The Hall–Kier alpha value is -0.390. The first kappa shape index (κ1) is 14.7. The van der Waals surface area contributed by atoms with Crippen LogP contribution in [-0.4, -0.2) is 23.0 Å². The molecule has 6 heteroatoms. The Morgan fingerprint density at radius 2 is 1.82 bits per heavy atom. The molecule has 0 heterocycles. The summed E-state index contributed by atoms with van der Waals surface area (Å²) in [6.45, 7) is -0.167. The zero-order valence-electron chi connectivity index (χ0n) is 8.88. The predicted octanol–water partition coefficient (Wildman–Crippen LogP) is 4.06. The van der Waals surface area contributed by atoms with Gasteiger partial charge in [0.2, 0.25) is 0 Å². The second kappa shape index (κ2) is 6.52. The van der Waals surface area contributed by atoms with Gasteiger partial charge in [-0.25, -0.2) is 0 Å². The number of benzene rings is 1. The highest BCUT2D eigenvalue weighted by atomic mass is 35.5. The first-order chi connectivity index (χ1) is 7.92. The third-order valence-corrected chi connectivity index (χ3v) is 3.31. The van der Waals surface area contributed by atoms with Crippen molar-refractivity contribution >= 4 is 23.4 Å². The topological polar surface area (TPSA) is 20.2 Å². The van der Waals surface area contributed by atoms with Crippen LogP contribution in [-0.2, 0) is 0 Å². The van der Waals surface area contributed by atoms with Crippen LogP contribution in [0.2, 0.25) is 5.02 Å². The van der Waals surface area contributed by atoms with Crippen molar-refractivity contribution in [1.82, 2.24) is 0 Å². The maximum Gasteiger partial charge on any atom is 0.441 e. The van der Waals surface area contributed by atoms with Crippen LogP contribution < -0.4 is 0 Å². The molecule has 1 aromatic carbocycles. The van der Waals surface area contributed by atoms with E-state index in [-0.39, 0.29) is 36.5 Å². The van der Waals surface area contributed by atoms with Crippen LogP contribution in [0.1, 0.15) is 17.9 Å². The van der Waals surface area contributed by atoms with Gasteiger partial charge in [-0.05, 0) is 24.1 Å². The first-order valence-corrected chi connectivity index (χ1v) is 6.36. The summed E-state index contributed by atoms with van der Waals surface area (Å²) in [5.41, 5.74) is -3.40. The molecule has 0 aromatic heterocycles. The van der Waals surface area contributed by atoms with Crippen molar-refractivity contribution in [2.75, 3.05) is 12.4 Å². The number of rotatable bonds is 5. The number of hydrogen-bond donors (Lipinski definition) is 1. The molecular formula is C11H12ClF3OS. The standard InChI is InChI=1S/C11H12ClF3OS/c12-10-3-1-8(2-4-10)9(7-16)5-6-17-11(13,14)15/h1-4,9,16H,5-7H2. The predicted molar refractivity (Wildman–Crippen MR) is 64.4 cm³/mol. The highest BCUT2D eigenvalue weighted by molar-refractivity contribution is 8.00. The van der Waals surface area contributed by atoms with Gasteiger partial charge in [-0.3, -0.25) is 0 Å². The van der Waals surface area contributed by atoms with Crippen LogP contribution in [0.4, 0.5) is 13.2 Å². The van der Waals surface area contributed by atoms with Gasteiger partial charge in [-0.1, -0.05) is 35.5 Å². The van der Waals surface area contributed by atoms with E-state index in [1.165, 1.54) is 0 Å². The van der Waals surface area contributed by atoms with Crippen molar-refractivity contribution in [3.63, 3.8) is 0 Å². The molecule has 1 nitrogen and oxygen atoms in total. The summed E-state index contributed by atoms with van der Waals surface area (Å²) in [5, 5.41) is 9.72. The Morgan fingerprint density at radius 1 is 1.24 bits per heavy atom. The molecule has 1 unspecified atom stereocenters. The van der Waals surface area contributed by atoms with E-state index in [0.29, 0.717) is 5.02 Å². The van der Waals surface area contributed by atoms with E-state index in [2.05, 4.69) is 0 Å². The summed E-state index contributed by atoms with van der Waals surface area (Å²) in [7, 11) is 0. The molecule has 1 aromatic rings. The maximum atomic E-state index is 11.9. The molecule has 0 aliphatic rings. The minimum atomic E-state index is -4.21. The molecule has 17 heavy (non-hydrogen) atoms. The number of thioether (sulfide) groups is 1. The number of aliphatic hydroxyl groups is 1. The molecule has 0 bridgehead atoms. The largest absolute Gasteiger partial charge is 0.441 e. The summed E-state index contributed by atoms with van der Waals surface area (Å²) < 4.78 is 35.8. The SMILES string of the molecule is OCC(CCSC(F)(F)F)c1ccc(Cl)cc1. The van der Waals surface area contributed by atoms with Crippen molar-refractivity contribution in [2.45, 2.75) is 17.8 Å². The third-order valence-electron chi connectivity index (χ3n) is 2.29. The average molecular weight is 285 g/mol. The Bertz CT molecular complexity index is 340. The maximum absolute atomic E-state index is 11.9. The van der Waals surface area contributed by atoms with E-state index < -0.39 is 5.51 Å². The van der Waals surface area contributed by atoms with Crippen molar-refractivity contribution in [3.05, 3.63) is 34.9 Å². The normalized spacial score (nSPS) is 13.7.